The molecule has 1 aliphatic heterocycles. The number of aliphatic imine (C=N–C) groups is 1. The quantitative estimate of drug-likeness (QED) is 0.571. The highest BCUT2D eigenvalue weighted by molar-refractivity contribution is 7.99. The van der Waals surface area contributed by atoms with E-state index in [4.69, 9.17) is 9.73 Å². The molecule has 2 atom stereocenters. The second kappa shape index (κ2) is 9.14. The van der Waals surface area contributed by atoms with Gasteiger partial charge in [-0.2, -0.15) is 11.8 Å². The lowest BCUT2D eigenvalue weighted by atomic mass is 9.89. The van der Waals surface area contributed by atoms with Crippen molar-refractivity contribution in [3.05, 3.63) is 0 Å². The maximum absolute atomic E-state index is 5.55. The summed E-state index contributed by atoms with van der Waals surface area (Å²) in [6, 6.07) is 0.565. The van der Waals surface area contributed by atoms with Crippen LogP contribution in [0.25, 0.3) is 0 Å². The summed E-state index contributed by atoms with van der Waals surface area (Å²) in [6.07, 6.45) is 8.15. The third kappa shape index (κ3) is 5.26. The third-order valence-electron chi connectivity index (χ3n) is 5.31. The van der Waals surface area contributed by atoms with Crippen molar-refractivity contribution in [2.24, 2.45) is 4.99 Å². The number of nitrogens with zero attached hydrogens (tertiary/aromatic N) is 2. The number of thioether (sulfide) groups is 1. The molecule has 6 heteroatoms. The van der Waals surface area contributed by atoms with E-state index in [1.807, 2.05) is 11.8 Å². The minimum Gasteiger partial charge on any atom is -0.381 e. The Kier molecular flexibility index (Phi) is 7.50. The van der Waals surface area contributed by atoms with Crippen LogP contribution in [0.3, 0.4) is 0 Å². The molecular formula is C17H34N4OS. The van der Waals surface area contributed by atoms with E-state index in [0.29, 0.717) is 6.04 Å². The van der Waals surface area contributed by atoms with Crippen molar-refractivity contribution < 1.29 is 4.74 Å². The van der Waals surface area contributed by atoms with E-state index in [0.717, 1.165) is 50.4 Å². The highest BCUT2D eigenvalue weighted by Gasteiger charge is 2.35. The SMILES string of the molecule is CCNC(=NCC1(N(C)C)CCOCC1)NC1CCC(SC)C1. The molecule has 0 aromatic carbocycles. The van der Waals surface area contributed by atoms with Gasteiger partial charge < -0.3 is 20.3 Å². The van der Waals surface area contributed by atoms with Gasteiger partial charge in [-0.3, -0.25) is 4.99 Å². The van der Waals surface area contributed by atoms with Crippen LogP contribution in [0.1, 0.15) is 39.0 Å². The Morgan fingerprint density at radius 2 is 2.04 bits per heavy atom. The minimum absolute atomic E-state index is 0.137. The second-order valence-electron chi connectivity index (χ2n) is 6.94. The molecule has 0 aromatic rings. The number of guanidine groups is 1. The zero-order valence-corrected chi connectivity index (χ0v) is 16.0. The van der Waals surface area contributed by atoms with Gasteiger partial charge in [-0.25, -0.2) is 0 Å². The molecule has 2 N–H and O–H groups in total. The molecule has 0 aromatic heterocycles. The van der Waals surface area contributed by atoms with Gasteiger partial charge in [0, 0.05) is 36.6 Å². The molecule has 0 amide bonds. The minimum atomic E-state index is 0.137. The van der Waals surface area contributed by atoms with Gasteiger partial charge in [0.1, 0.15) is 0 Å². The first-order valence-electron chi connectivity index (χ1n) is 8.92. The van der Waals surface area contributed by atoms with Crippen molar-refractivity contribution in [2.75, 3.05) is 46.7 Å². The van der Waals surface area contributed by atoms with Crippen LogP contribution in [-0.2, 0) is 4.74 Å². The fraction of sp³-hybridized carbons (Fsp3) is 0.941. The van der Waals surface area contributed by atoms with Crippen LogP contribution in [0, 0.1) is 0 Å². The molecule has 0 spiro atoms. The summed E-state index contributed by atoms with van der Waals surface area (Å²) in [5.74, 6) is 0.979. The van der Waals surface area contributed by atoms with Gasteiger partial charge in [0.25, 0.3) is 0 Å². The lowest BCUT2D eigenvalue weighted by Crippen LogP contribution is -2.52. The maximum atomic E-state index is 5.55. The van der Waals surface area contributed by atoms with E-state index in [9.17, 15) is 0 Å². The Morgan fingerprint density at radius 3 is 2.61 bits per heavy atom. The van der Waals surface area contributed by atoms with Crippen LogP contribution in [0.4, 0.5) is 0 Å². The Morgan fingerprint density at radius 1 is 1.30 bits per heavy atom. The van der Waals surface area contributed by atoms with Crippen molar-refractivity contribution in [1.82, 2.24) is 15.5 Å². The predicted octanol–water partition coefficient (Wildman–Crippen LogP) is 1.94. The number of hydrogen-bond donors (Lipinski definition) is 2. The van der Waals surface area contributed by atoms with Crippen LogP contribution in [0.5, 0.6) is 0 Å². The number of rotatable bonds is 6. The molecule has 23 heavy (non-hydrogen) atoms. The van der Waals surface area contributed by atoms with Crippen molar-refractivity contribution >= 4 is 17.7 Å². The highest BCUT2D eigenvalue weighted by Crippen LogP contribution is 2.28. The summed E-state index contributed by atoms with van der Waals surface area (Å²) in [7, 11) is 4.34. The summed E-state index contributed by atoms with van der Waals surface area (Å²) in [6.45, 7) is 5.55. The Labute approximate surface area is 146 Å². The lowest BCUT2D eigenvalue weighted by Gasteiger charge is -2.41. The fourth-order valence-electron chi connectivity index (χ4n) is 3.52. The van der Waals surface area contributed by atoms with E-state index in [2.05, 4.69) is 42.8 Å². The van der Waals surface area contributed by atoms with Gasteiger partial charge in [-0.15, -0.1) is 0 Å². The molecule has 1 heterocycles. The summed E-state index contributed by atoms with van der Waals surface area (Å²) < 4.78 is 5.55. The molecule has 2 aliphatic rings. The first kappa shape index (κ1) is 18.9. The summed E-state index contributed by atoms with van der Waals surface area (Å²) in [5, 5.41) is 7.88. The smallest absolute Gasteiger partial charge is 0.191 e. The molecule has 2 fully saturated rings. The van der Waals surface area contributed by atoms with Gasteiger partial charge in [0.05, 0.1) is 6.54 Å². The highest BCUT2D eigenvalue weighted by atomic mass is 32.2. The molecule has 0 radical (unpaired) electrons. The second-order valence-corrected chi connectivity index (χ2v) is 8.08. The first-order chi connectivity index (χ1) is 11.1. The summed E-state index contributed by atoms with van der Waals surface area (Å²) >= 11 is 2.00. The van der Waals surface area contributed by atoms with E-state index in [1.165, 1.54) is 19.3 Å². The average molecular weight is 343 g/mol. The fourth-order valence-corrected chi connectivity index (χ4v) is 4.32. The normalized spacial score (nSPS) is 28.1. The zero-order valence-electron chi connectivity index (χ0n) is 15.2. The lowest BCUT2D eigenvalue weighted by molar-refractivity contribution is -0.00255. The number of hydrogen-bond acceptors (Lipinski definition) is 4. The van der Waals surface area contributed by atoms with E-state index < -0.39 is 0 Å². The molecule has 134 valence electrons. The van der Waals surface area contributed by atoms with Crippen LogP contribution < -0.4 is 10.6 Å². The molecular weight excluding hydrogens is 308 g/mol. The van der Waals surface area contributed by atoms with Crippen LogP contribution >= 0.6 is 11.8 Å². The largest absolute Gasteiger partial charge is 0.381 e. The number of nitrogens with one attached hydrogen (secondary N) is 2. The maximum Gasteiger partial charge on any atom is 0.191 e. The molecule has 1 aliphatic carbocycles. The van der Waals surface area contributed by atoms with Crippen molar-refractivity contribution in [2.45, 2.75) is 55.9 Å². The van der Waals surface area contributed by atoms with Gasteiger partial charge >= 0.3 is 0 Å². The van der Waals surface area contributed by atoms with Crippen LogP contribution in [-0.4, -0.2) is 74.3 Å². The number of likely N-dealkylation sites (N-methyl/N-ethyl adjacent to an activating group) is 1. The van der Waals surface area contributed by atoms with Crippen LogP contribution in [0.2, 0.25) is 0 Å². The summed E-state index contributed by atoms with van der Waals surface area (Å²) in [5.41, 5.74) is 0.137. The van der Waals surface area contributed by atoms with E-state index in [1.54, 1.807) is 0 Å². The van der Waals surface area contributed by atoms with Crippen molar-refractivity contribution in [3.63, 3.8) is 0 Å². The zero-order chi connectivity index (χ0) is 16.7. The van der Waals surface area contributed by atoms with Gasteiger partial charge in [0.15, 0.2) is 5.96 Å². The van der Waals surface area contributed by atoms with Gasteiger partial charge in [0.2, 0.25) is 0 Å². The van der Waals surface area contributed by atoms with Crippen LogP contribution in [0.15, 0.2) is 4.99 Å². The Bertz CT molecular complexity index is 383. The molecule has 0 bridgehead atoms. The predicted molar refractivity (Wildman–Crippen MR) is 101 cm³/mol. The Balaban J connectivity index is 1.97. The van der Waals surface area contributed by atoms with Crippen molar-refractivity contribution in [1.29, 1.82) is 0 Å². The van der Waals surface area contributed by atoms with Crippen molar-refractivity contribution in [3.8, 4) is 0 Å². The third-order valence-corrected chi connectivity index (χ3v) is 6.40. The van der Waals surface area contributed by atoms with Gasteiger partial charge in [-0.05, 0) is 59.4 Å². The molecule has 1 saturated carbocycles. The summed E-state index contributed by atoms with van der Waals surface area (Å²) in [4.78, 5) is 7.27. The molecule has 2 rings (SSSR count). The molecule has 2 unspecified atom stereocenters. The molecule has 5 nitrogen and oxygen atoms in total. The topological polar surface area (TPSA) is 48.9 Å². The van der Waals surface area contributed by atoms with E-state index in [-0.39, 0.29) is 5.54 Å². The standard InChI is InChI=1S/C17H34N4OS/c1-5-18-16(20-14-6-7-15(12-14)23-4)19-13-17(21(2)3)8-10-22-11-9-17/h14-15H,5-13H2,1-4H3,(H2,18,19,20). The van der Waals surface area contributed by atoms with E-state index >= 15 is 0 Å². The number of ether oxygens (including phenoxy) is 1. The molecule has 1 saturated heterocycles. The van der Waals surface area contributed by atoms with Gasteiger partial charge in [-0.1, -0.05) is 0 Å². The Hall–Kier alpha value is -0.460. The first-order valence-corrected chi connectivity index (χ1v) is 10.2. The monoisotopic (exact) mass is 342 g/mol. The average Bonchev–Trinajstić information content (AvgIpc) is 3.01.